The first-order valence-electron chi connectivity index (χ1n) is 5.77. The molecule has 2 rings (SSSR count). The summed E-state index contributed by atoms with van der Waals surface area (Å²) in [6.45, 7) is 2.03. The molecule has 2 aromatic rings. The maximum Gasteiger partial charge on any atom is 0.335 e. The van der Waals surface area contributed by atoms with Gasteiger partial charge < -0.3 is 10.4 Å². The van der Waals surface area contributed by atoms with Gasteiger partial charge in [0.25, 0.3) is 0 Å². The maximum atomic E-state index is 10.9. The first-order chi connectivity index (χ1) is 9.08. The van der Waals surface area contributed by atoms with Crippen molar-refractivity contribution in [2.24, 2.45) is 0 Å². The monoisotopic (exact) mass is 320 g/mol. The van der Waals surface area contributed by atoms with E-state index in [1.807, 2.05) is 19.1 Å². The van der Waals surface area contributed by atoms with E-state index in [4.69, 9.17) is 5.11 Å². The van der Waals surface area contributed by atoms with Gasteiger partial charge in [-0.3, -0.25) is 4.98 Å². The van der Waals surface area contributed by atoms with E-state index in [0.717, 1.165) is 15.7 Å². The third-order valence-electron chi connectivity index (χ3n) is 2.79. The molecule has 0 bridgehead atoms. The number of rotatable bonds is 4. The zero-order valence-corrected chi connectivity index (χ0v) is 11.9. The highest BCUT2D eigenvalue weighted by atomic mass is 79.9. The third kappa shape index (κ3) is 3.32. The molecule has 1 aromatic heterocycles. The minimum atomic E-state index is -0.936. The first kappa shape index (κ1) is 13.5. The quantitative estimate of drug-likeness (QED) is 0.901. The fourth-order valence-electron chi connectivity index (χ4n) is 1.73. The zero-order valence-electron chi connectivity index (χ0n) is 10.3. The molecular formula is C14H13BrN2O2. The van der Waals surface area contributed by atoms with Gasteiger partial charge in [0.2, 0.25) is 0 Å². The lowest BCUT2D eigenvalue weighted by molar-refractivity contribution is 0.0697. The smallest absolute Gasteiger partial charge is 0.335 e. The van der Waals surface area contributed by atoms with E-state index in [2.05, 4.69) is 26.2 Å². The SMILES string of the molecule is CC(Nc1ccc(C(=O)O)cc1Br)c1ccncc1. The zero-order chi connectivity index (χ0) is 13.8. The number of pyridine rings is 1. The Morgan fingerprint density at radius 1 is 1.32 bits per heavy atom. The average Bonchev–Trinajstić information content (AvgIpc) is 2.41. The third-order valence-corrected chi connectivity index (χ3v) is 3.45. The molecule has 1 heterocycles. The van der Waals surface area contributed by atoms with Crippen molar-refractivity contribution in [1.82, 2.24) is 4.98 Å². The molecule has 0 saturated carbocycles. The Hall–Kier alpha value is -1.88. The molecule has 0 spiro atoms. The Morgan fingerprint density at radius 3 is 2.58 bits per heavy atom. The highest BCUT2D eigenvalue weighted by molar-refractivity contribution is 9.10. The largest absolute Gasteiger partial charge is 0.478 e. The molecular weight excluding hydrogens is 308 g/mol. The molecule has 0 saturated heterocycles. The number of nitrogens with one attached hydrogen (secondary N) is 1. The number of carbonyl (C=O) groups is 1. The topological polar surface area (TPSA) is 62.2 Å². The Bertz CT molecular complexity index is 587. The van der Waals surface area contributed by atoms with E-state index in [1.165, 1.54) is 0 Å². The van der Waals surface area contributed by atoms with Gasteiger partial charge in [0.1, 0.15) is 0 Å². The van der Waals surface area contributed by atoms with Crippen molar-refractivity contribution in [2.75, 3.05) is 5.32 Å². The maximum absolute atomic E-state index is 10.9. The number of anilines is 1. The van der Waals surface area contributed by atoms with E-state index in [1.54, 1.807) is 30.6 Å². The average molecular weight is 321 g/mol. The molecule has 4 nitrogen and oxygen atoms in total. The van der Waals surface area contributed by atoms with Crippen LogP contribution in [0.4, 0.5) is 5.69 Å². The molecule has 2 N–H and O–H groups in total. The van der Waals surface area contributed by atoms with Gasteiger partial charge in [-0.2, -0.15) is 0 Å². The molecule has 5 heteroatoms. The fraction of sp³-hybridized carbons (Fsp3) is 0.143. The molecule has 0 radical (unpaired) electrons. The normalized spacial score (nSPS) is 11.9. The Kier molecular flexibility index (Phi) is 4.16. The minimum Gasteiger partial charge on any atom is -0.478 e. The lowest BCUT2D eigenvalue weighted by Crippen LogP contribution is -2.07. The van der Waals surface area contributed by atoms with Gasteiger partial charge in [-0.15, -0.1) is 0 Å². The minimum absolute atomic E-state index is 0.106. The number of aromatic carboxylic acids is 1. The summed E-state index contributed by atoms with van der Waals surface area (Å²) in [5.41, 5.74) is 2.23. The van der Waals surface area contributed by atoms with Gasteiger partial charge in [-0.1, -0.05) is 0 Å². The van der Waals surface area contributed by atoms with Gasteiger partial charge in [0.05, 0.1) is 5.56 Å². The number of carboxylic acid groups (broad SMARTS) is 1. The van der Waals surface area contributed by atoms with E-state index >= 15 is 0 Å². The molecule has 1 unspecified atom stereocenters. The van der Waals surface area contributed by atoms with Crippen LogP contribution in [0.3, 0.4) is 0 Å². The summed E-state index contributed by atoms with van der Waals surface area (Å²) in [4.78, 5) is 14.8. The van der Waals surface area contributed by atoms with Crippen LogP contribution in [0.15, 0.2) is 47.2 Å². The molecule has 1 aromatic carbocycles. The number of halogens is 1. The molecule has 0 aliphatic heterocycles. The number of aromatic nitrogens is 1. The summed E-state index contributed by atoms with van der Waals surface area (Å²) in [6.07, 6.45) is 3.49. The molecule has 0 aliphatic rings. The number of hydrogen-bond donors (Lipinski definition) is 2. The van der Waals surface area contributed by atoms with Crippen molar-refractivity contribution in [3.63, 3.8) is 0 Å². The Balaban J connectivity index is 2.18. The fourth-order valence-corrected chi connectivity index (χ4v) is 2.23. The van der Waals surface area contributed by atoms with Gasteiger partial charge in [-0.05, 0) is 58.7 Å². The highest BCUT2D eigenvalue weighted by Crippen LogP contribution is 2.27. The van der Waals surface area contributed by atoms with Crippen LogP contribution in [-0.4, -0.2) is 16.1 Å². The molecule has 19 heavy (non-hydrogen) atoms. The highest BCUT2D eigenvalue weighted by Gasteiger charge is 2.10. The van der Waals surface area contributed by atoms with Gasteiger partial charge in [0, 0.05) is 28.6 Å². The first-order valence-corrected chi connectivity index (χ1v) is 6.56. The molecule has 0 aliphatic carbocycles. The van der Waals surface area contributed by atoms with Crippen LogP contribution in [0.5, 0.6) is 0 Å². The number of carboxylic acids is 1. The van der Waals surface area contributed by atoms with Gasteiger partial charge >= 0.3 is 5.97 Å². The molecule has 1 atom stereocenters. The summed E-state index contributed by atoms with van der Waals surface area (Å²) in [5, 5.41) is 12.2. The summed E-state index contributed by atoms with van der Waals surface area (Å²) in [7, 11) is 0. The summed E-state index contributed by atoms with van der Waals surface area (Å²) in [6, 6.07) is 8.91. The number of benzene rings is 1. The van der Waals surface area contributed by atoms with Crippen LogP contribution in [-0.2, 0) is 0 Å². The Morgan fingerprint density at radius 2 is 2.00 bits per heavy atom. The Labute approximate surface area is 119 Å². The van der Waals surface area contributed by atoms with Crippen LogP contribution in [0.25, 0.3) is 0 Å². The van der Waals surface area contributed by atoms with Gasteiger partial charge in [-0.25, -0.2) is 4.79 Å². The number of nitrogens with zero attached hydrogens (tertiary/aromatic N) is 1. The summed E-state index contributed by atoms with van der Waals surface area (Å²) in [5.74, 6) is -0.936. The molecule has 0 amide bonds. The molecule has 98 valence electrons. The van der Waals surface area contributed by atoms with Crippen molar-refractivity contribution < 1.29 is 9.90 Å². The van der Waals surface area contributed by atoms with E-state index in [0.29, 0.717) is 0 Å². The number of hydrogen-bond acceptors (Lipinski definition) is 3. The second kappa shape index (κ2) is 5.84. The van der Waals surface area contributed by atoms with Crippen LogP contribution in [0.1, 0.15) is 28.9 Å². The van der Waals surface area contributed by atoms with E-state index in [-0.39, 0.29) is 11.6 Å². The second-order valence-electron chi connectivity index (χ2n) is 4.15. The second-order valence-corrected chi connectivity index (χ2v) is 5.00. The lowest BCUT2D eigenvalue weighted by Gasteiger charge is -2.17. The van der Waals surface area contributed by atoms with Gasteiger partial charge in [0.15, 0.2) is 0 Å². The van der Waals surface area contributed by atoms with Crippen LogP contribution >= 0.6 is 15.9 Å². The predicted molar refractivity (Wildman–Crippen MR) is 77.4 cm³/mol. The van der Waals surface area contributed by atoms with Crippen molar-refractivity contribution in [3.8, 4) is 0 Å². The summed E-state index contributed by atoms with van der Waals surface area (Å²) < 4.78 is 0.730. The molecule has 0 fully saturated rings. The van der Waals surface area contributed by atoms with E-state index < -0.39 is 5.97 Å². The van der Waals surface area contributed by atoms with Crippen molar-refractivity contribution >= 4 is 27.6 Å². The van der Waals surface area contributed by atoms with Crippen LogP contribution < -0.4 is 5.32 Å². The van der Waals surface area contributed by atoms with Crippen molar-refractivity contribution in [3.05, 3.63) is 58.3 Å². The standard InChI is InChI=1S/C14H13BrN2O2/c1-9(10-4-6-16-7-5-10)17-13-3-2-11(14(18)19)8-12(13)15/h2-9,17H,1H3,(H,18,19). The van der Waals surface area contributed by atoms with Crippen molar-refractivity contribution in [2.45, 2.75) is 13.0 Å². The summed E-state index contributed by atoms with van der Waals surface area (Å²) >= 11 is 3.38. The predicted octanol–water partition coefficient (Wildman–Crippen LogP) is 3.72. The van der Waals surface area contributed by atoms with Crippen LogP contribution in [0, 0.1) is 0 Å². The van der Waals surface area contributed by atoms with E-state index in [9.17, 15) is 4.79 Å². The van der Waals surface area contributed by atoms with Crippen molar-refractivity contribution in [1.29, 1.82) is 0 Å². The lowest BCUT2D eigenvalue weighted by atomic mass is 10.1. The van der Waals surface area contributed by atoms with Crippen LogP contribution in [0.2, 0.25) is 0 Å².